The van der Waals surface area contributed by atoms with Crippen LogP contribution >= 0.6 is 12.4 Å². The van der Waals surface area contributed by atoms with Crippen LogP contribution in [0.15, 0.2) is 12.1 Å². The molecule has 2 rings (SSSR count). The van der Waals surface area contributed by atoms with E-state index in [9.17, 15) is 26.3 Å². The maximum Gasteiger partial charge on any atom is 0.416 e. The number of benzene rings is 1. The van der Waals surface area contributed by atoms with Crippen LogP contribution < -0.4 is 10.1 Å². The smallest absolute Gasteiger partial charge is 0.416 e. The van der Waals surface area contributed by atoms with Gasteiger partial charge in [-0.1, -0.05) is 13.3 Å². The van der Waals surface area contributed by atoms with Crippen molar-refractivity contribution >= 4 is 12.4 Å². The van der Waals surface area contributed by atoms with Crippen molar-refractivity contribution in [1.82, 2.24) is 10.2 Å². The molecule has 27 heavy (non-hydrogen) atoms. The van der Waals surface area contributed by atoms with Crippen molar-refractivity contribution in [2.24, 2.45) is 0 Å². The number of alkyl halides is 6. The zero-order valence-corrected chi connectivity index (χ0v) is 15.8. The van der Waals surface area contributed by atoms with Gasteiger partial charge < -0.3 is 10.1 Å². The Bertz CT molecular complexity index is 615. The molecule has 0 spiro atoms. The van der Waals surface area contributed by atoms with E-state index in [1.165, 1.54) is 0 Å². The monoisotopic (exact) mass is 420 g/mol. The van der Waals surface area contributed by atoms with Gasteiger partial charge in [-0.15, -0.1) is 12.4 Å². The van der Waals surface area contributed by atoms with E-state index in [0.29, 0.717) is 45.1 Å². The zero-order chi connectivity index (χ0) is 19.5. The highest BCUT2D eigenvalue weighted by Gasteiger charge is 2.42. The molecule has 0 unspecified atom stereocenters. The number of piperazine rings is 1. The quantitative estimate of drug-likeness (QED) is 0.686. The lowest BCUT2D eigenvalue weighted by Gasteiger charge is -2.37. The van der Waals surface area contributed by atoms with E-state index in [-0.39, 0.29) is 29.8 Å². The molecule has 0 saturated carbocycles. The molecule has 0 aromatic heterocycles. The number of hydrogen-bond acceptors (Lipinski definition) is 3. The summed E-state index contributed by atoms with van der Waals surface area (Å²) in [4.78, 5) is 1.88. The van der Waals surface area contributed by atoms with E-state index < -0.39 is 29.5 Å². The van der Waals surface area contributed by atoms with Crippen molar-refractivity contribution in [3.8, 4) is 5.75 Å². The van der Waals surface area contributed by atoms with Crippen molar-refractivity contribution in [1.29, 1.82) is 0 Å². The van der Waals surface area contributed by atoms with Crippen LogP contribution in [-0.4, -0.2) is 38.2 Å². The van der Waals surface area contributed by atoms with E-state index in [1.54, 1.807) is 0 Å². The lowest BCUT2D eigenvalue weighted by Crippen LogP contribution is -2.45. The first-order valence-electron chi connectivity index (χ1n) is 8.40. The summed E-state index contributed by atoms with van der Waals surface area (Å²) in [6.07, 6.45) is -8.81. The van der Waals surface area contributed by atoms with Gasteiger partial charge in [0.2, 0.25) is 0 Å². The van der Waals surface area contributed by atoms with E-state index >= 15 is 0 Å². The molecule has 1 atom stereocenters. The SMILES string of the molecule is CCC[C@@H](c1c(OC)cc(C(F)(F)F)cc1C(F)(F)F)N1CCNCC1.Cl. The fourth-order valence-corrected chi connectivity index (χ4v) is 3.31. The highest BCUT2D eigenvalue weighted by Crippen LogP contribution is 2.46. The number of ether oxygens (including phenoxy) is 1. The normalized spacial score (nSPS) is 17.3. The molecule has 1 heterocycles. The molecule has 1 fully saturated rings. The van der Waals surface area contributed by atoms with Crippen LogP contribution in [0.1, 0.15) is 42.5 Å². The Morgan fingerprint density at radius 1 is 1.07 bits per heavy atom. The van der Waals surface area contributed by atoms with Crippen LogP contribution in [0.3, 0.4) is 0 Å². The molecule has 1 saturated heterocycles. The van der Waals surface area contributed by atoms with Gasteiger partial charge in [-0.2, -0.15) is 26.3 Å². The summed E-state index contributed by atoms with van der Waals surface area (Å²) in [7, 11) is 1.10. The summed E-state index contributed by atoms with van der Waals surface area (Å²) in [5.74, 6) is -0.371. The Kier molecular flexibility index (Phi) is 8.25. The number of halogens is 7. The van der Waals surface area contributed by atoms with E-state index in [4.69, 9.17) is 4.74 Å². The van der Waals surface area contributed by atoms with Crippen molar-refractivity contribution < 1.29 is 31.1 Å². The predicted octanol–water partition coefficient (Wildman–Crippen LogP) is 4.90. The van der Waals surface area contributed by atoms with Gasteiger partial charge in [0.1, 0.15) is 5.75 Å². The minimum absolute atomic E-state index is 0. The highest BCUT2D eigenvalue weighted by molar-refractivity contribution is 5.85. The molecule has 3 nitrogen and oxygen atoms in total. The standard InChI is InChI=1S/C17H22F6N2O.ClH/c1-3-4-13(25-7-5-24-6-8-25)15-12(17(21,22)23)9-11(16(18,19)20)10-14(15)26-2;/h9-10,13,24H,3-8H2,1-2H3;1H/t13-;/m0./s1. The Balaban J connectivity index is 0.00000364. The van der Waals surface area contributed by atoms with Crippen LogP contribution in [0.4, 0.5) is 26.3 Å². The average Bonchev–Trinajstić information content (AvgIpc) is 2.57. The van der Waals surface area contributed by atoms with Gasteiger partial charge in [0.15, 0.2) is 0 Å². The fraction of sp³-hybridized carbons (Fsp3) is 0.647. The Labute approximate surface area is 160 Å². The first-order chi connectivity index (χ1) is 12.1. The molecule has 1 aromatic carbocycles. The number of nitrogens with one attached hydrogen (secondary N) is 1. The van der Waals surface area contributed by atoms with Crippen LogP contribution in [-0.2, 0) is 12.4 Å². The second kappa shape index (κ2) is 9.34. The number of nitrogens with zero attached hydrogens (tertiary/aromatic N) is 1. The summed E-state index contributed by atoms with van der Waals surface area (Å²) in [5.41, 5.74) is -2.85. The van der Waals surface area contributed by atoms with Crippen molar-refractivity contribution in [2.75, 3.05) is 33.3 Å². The second-order valence-electron chi connectivity index (χ2n) is 6.23. The molecule has 0 radical (unpaired) electrons. The van der Waals surface area contributed by atoms with Gasteiger partial charge in [-0.3, -0.25) is 4.90 Å². The van der Waals surface area contributed by atoms with E-state index in [1.807, 2.05) is 11.8 Å². The first-order valence-corrected chi connectivity index (χ1v) is 8.40. The molecular weight excluding hydrogens is 398 g/mol. The van der Waals surface area contributed by atoms with E-state index in [0.717, 1.165) is 7.11 Å². The third kappa shape index (κ3) is 5.65. The van der Waals surface area contributed by atoms with Gasteiger partial charge >= 0.3 is 12.4 Å². The molecule has 1 aromatic rings. The minimum Gasteiger partial charge on any atom is -0.496 e. The molecule has 156 valence electrons. The molecule has 1 N–H and O–H groups in total. The number of rotatable bonds is 5. The zero-order valence-electron chi connectivity index (χ0n) is 15.0. The Morgan fingerprint density at radius 3 is 2.11 bits per heavy atom. The summed E-state index contributed by atoms with van der Waals surface area (Å²) < 4.78 is 85.1. The van der Waals surface area contributed by atoms with Gasteiger partial charge in [0, 0.05) is 37.8 Å². The topological polar surface area (TPSA) is 24.5 Å². The van der Waals surface area contributed by atoms with Crippen LogP contribution in [0.2, 0.25) is 0 Å². The average molecular weight is 421 g/mol. The predicted molar refractivity (Wildman–Crippen MR) is 92.3 cm³/mol. The molecule has 1 aliphatic rings. The lowest BCUT2D eigenvalue weighted by atomic mass is 9.91. The molecular formula is C17H23ClF6N2O. The van der Waals surface area contributed by atoms with E-state index in [2.05, 4.69) is 5.32 Å². The van der Waals surface area contributed by atoms with Crippen LogP contribution in [0, 0.1) is 0 Å². The van der Waals surface area contributed by atoms with Crippen molar-refractivity contribution in [3.05, 3.63) is 28.8 Å². The third-order valence-electron chi connectivity index (χ3n) is 4.48. The second-order valence-corrected chi connectivity index (χ2v) is 6.23. The molecule has 0 amide bonds. The van der Waals surface area contributed by atoms with Crippen LogP contribution in [0.5, 0.6) is 5.75 Å². The summed E-state index contributed by atoms with van der Waals surface area (Å²) in [6, 6.07) is 0.203. The summed E-state index contributed by atoms with van der Waals surface area (Å²) in [5, 5.41) is 3.12. The summed E-state index contributed by atoms with van der Waals surface area (Å²) in [6.45, 7) is 4.10. The molecule has 0 bridgehead atoms. The van der Waals surface area contributed by atoms with Crippen molar-refractivity contribution in [2.45, 2.75) is 38.2 Å². The van der Waals surface area contributed by atoms with Gasteiger partial charge in [0.25, 0.3) is 0 Å². The number of hydrogen-bond donors (Lipinski definition) is 1. The summed E-state index contributed by atoms with van der Waals surface area (Å²) >= 11 is 0. The fourth-order valence-electron chi connectivity index (χ4n) is 3.31. The van der Waals surface area contributed by atoms with Gasteiger partial charge in [0.05, 0.1) is 18.2 Å². The third-order valence-corrected chi connectivity index (χ3v) is 4.48. The molecule has 0 aliphatic carbocycles. The maximum absolute atomic E-state index is 13.6. The van der Waals surface area contributed by atoms with Gasteiger partial charge in [-0.25, -0.2) is 0 Å². The molecule has 10 heteroatoms. The lowest BCUT2D eigenvalue weighted by molar-refractivity contribution is -0.144. The largest absolute Gasteiger partial charge is 0.496 e. The maximum atomic E-state index is 13.6. The Morgan fingerprint density at radius 2 is 1.67 bits per heavy atom. The first kappa shape index (κ1) is 23.8. The molecule has 1 aliphatic heterocycles. The highest BCUT2D eigenvalue weighted by atomic mass is 35.5. The van der Waals surface area contributed by atoms with Gasteiger partial charge in [-0.05, 0) is 18.6 Å². The van der Waals surface area contributed by atoms with Crippen LogP contribution in [0.25, 0.3) is 0 Å². The number of methoxy groups -OCH3 is 1. The van der Waals surface area contributed by atoms with Crippen molar-refractivity contribution in [3.63, 3.8) is 0 Å². The Hall–Kier alpha value is -1.19. The minimum atomic E-state index is -4.91.